The Morgan fingerprint density at radius 3 is 2.89 bits per heavy atom. The van der Waals surface area contributed by atoms with Crippen LogP contribution in [0.15, 0.2) is 21.8 Å². The minimum absolute atomic E-state index is 0.0103. The van der Waals surface area contributed by atoms with Crippen LogP contribution in [0.3, 0.4) is 0 Å². The summed E-state index contributed by atoms with van der Waals surface area (Å²) < 4.78 is 2.17. The summed E-state index contributed by atoms with van der Waals surface area (Å²) in [5.41, 5.74) is -0.0103. The number of nitro groups is 1. The van der Waals surface area contributed by atoms with Crippen molar-refractivity contribution < 1.29 is 10.0 Å². The molecule has 0 fully saturated rings. The molecule has 1 atom stereocenters. The van der Waals surface area contributed by atoms with Crippen LogP contribution in [0.25, 0.3) is 0 Å². The van der Waals surface area contributed by atoms with Crippen molar-refractivity contribution in [2.24, 2.45) is 7.05 Å². The normalized spacial score (nSPS) is 12.6. The van der Waals surface area contributed by atoms with E-state index in [1.165, 1.54) is 35.5 Å². The molecule has 0 amide bonds. The molecular weight excluding hydrogens is 276 g/mol. The maximum Gasteiger partial charge on any atom is 0.294 e. The van der Waals surface area contributed by atoms with Crippen molar-refractivity contribution in [1.29, 1.82) is 0 Å². The van der Waals surface area contributed by atoms with Gasteiger partial charge in [0.1, 0.15) is 10.5 Å². The van der Waals surface area contributed by atoms with Gasteiger partial charge < -0.3 is 9.67 Å². The molecule has 0 aliphatic heterocycles. The molecule has 0 aliphatic carbocycles. The summed E-state index contributed by atoms with van der Waals surface area (Å²) in [4.78, 5) is 11.0. The third-order valence-electron chi connectivity index (χ3n) is 2.16. The van der Waals surface area contributed by atoms with Gasteiger partial charge in [-0.2, -0.15) is 0 Å². The van der Waals surface area contributed by atoms with E-state index in [4.69, 9.17) is 0 Å². The molecule has 1 N–H and O–H groups in total. The average molecular weight is 286 g/mol. The lowest BCUT2D eigenvalue weighted by Gasteiger charge is -1.97. The van der Waals surface area contributed by atoms with Gasteiger partial charge >= 0.3 is 0 Å². The first-order valence-electron chi connectivity index (χ1n) is 4.97. The van der Waals surface area contributed by atoms with E-state index in [9.17, 15) is 15.2 Å². The zero-order valence-corrected chi connectivity index (χ0v) is 11.2. The largest absolute Gasteiger partial charge is 0.388 e. The molecule has 0 aliphatic rings. The standard InChI is InChI=1S/C9H10N4O3S2/c1-5(14)7-3-6(13(15)16)8(17-7)18-9-11-10-4-12(9)2/h3-5,14H,1-2H3/t5-/m1/s1. The number of aliphatic hydroxyl groups excluding tert-OH is 1. The van der Waals surface area contributed by atoms with Crippen molar-refractivity contribution in [3.05, 3.63) is 27.4 Å². The molecule has 2 aromatic heterocycles. The number of rotatable bonds is 4. The Labute approximate surface area is 111 Å². The van der Waals surface area contributed by atoms with Gasteiger partial charge in [-0.25, -0.2) is 0 Å². The summed E-state index contributed by atoms with van der Waals surface area (Å²) in [6, 6.07) is 1.40. The maximum absolute atomic E-state index is 10.9. The van der Waals surface area contributed by atoms with E-state index in [1.807, 2.05) is 0 Å². The van der Waals surface area contributed by atoms with Gasteiger partial charge in [-0.1, -0.05) is 0 Å². The molecule has 2 aromatic rings. The third-order valence-corrected chi connectivity index (χ3v) is 4.70. The van der Waals surface area contributed by atoms with E-state index >= 15 is 0 Å². The summed E-state index contributed by atoms with van der Waals surface area (Å²) in [5, 5.41) is 28.6. The first kappa shape index (κ1) is 13.0. The Balaban J connectivity index is 2.37. The van der Waals surface area contributed by atoms with Crippen LogP contribution in [0, 0.1) is 10.1 Å². The second kappa shape index (κ2) is 5.04. The van der Waals surface area contributed by atoms with Crippen LogP contribution in [0.4, 0.5) is 5.69 Å². The summed E-state index contributed by atoms with van der Waals surface area (Å²) in [5.74, 6) is 0. The SMILES string of the molecule is C[C@@H](O)c1cc([N+](=O)[O-])c(Sc2nncn2C)s1. The van der Waals surface area contributed by atoms with E-state index in [0.29, 0.717) is 14.2 Å². The first-order valence-corrected chi connectivity index (χ1v) is 6.60. The zero-order chi connectivity index (χ0) is 13.3. The highest BCUT2D eigenvalue weighted by Crippen LogP contribution is 2.42. The van der Waals surface area contributed by atoms with Crippen LogP contribution in [0.2, 0.25) is 0 Å². The van der Waals surface area contributed by atoms with Gasteiger partial charge in [0.05, 0.1) is 11.0 Å². The van der Waals surface area contributed by atoms with Gasteiger partial charge in [0.25, 0.3) is 5.69 Å². The number of aliphatic hydroxyl groups is 1. The van der Waals surface area contributed by atoms with E-state index in [0.717, 1.165) is 0 Å². The fraction of sp³-hybridized carbons (Fsp3) is 0.333. The number of aromatic nitrogens is 3. The second-order valence-corrected chi connectivity index (χ2v) is 5.90. The molecule has 0 bridgehead atoms. The van der Waals surface area contributed by atoms with Crippen LogP contribution >= 0.6 is 23.1 Å². The topological polar surface area (TPSA) is 94.1 Å². The monoisotopic (exact) mass is 286 g/mol. The molecule has 0 saturated carbocycles. The predicted molar refractivity (Wildman–Crippen MR) is 66.7 cm³/mol. The molecule has 0 aromatic carbocycles. The highest BCUT2D eigenvalue weighted by molar-refractivity contribution is 8.01. The van der Waals surface area contributed by atoms with Crippen LogP contribution in [0.5, 0.6) is 0 Å². The molecule has 0 unspecified atom stereocenters. The molecule has 2 heterocycles. The molecule has 0 spiro atoms. The fourth-order valence-corrected chi connectivity index (χ4v) is 3.39. The number of aryl methyl sites for hydroxylation is 1. The van der Waals surface area contributed by atoms with E-state index < -0.39 is 11.0 Å². The van der Waals surface area contributed by atoms with Crippen LogP contribution in [-0.4, -0.2) is 24.8 Å². The molecule has 96 valence electrons. The van der Waals surface area contributed by atoms with Gasteiger partial charge in [-0.05, 0) is 18.7 Å². The Bertz CT molecular complexity index is 578. The molecule has 18 heavy (non-hydrogen) atoms. The van der Waals surface area contributed by atoms with Gasteiger partial charge in [0.2, 0.25) is 0 Å². The average Bonchev–Trinajstić information content (AvgIpc) is 2.87. The fourth-order valence-electron chi connectivity index (χ4n) is 1.24. The summed E-state index contributed by atoms with van der Waals surface area (Å²) in [7, 11) is 1.76. The number of hydrogen-bond donors (Lipinski definition) is 1. The Kier molecular flexibility index (Phi) is 3.64. The molecule has 2 rings (SSSR count). The molecule has 7 nitrogen and oxygen atoms in total. The van der Waals surface area contributed by atoms with E-state index in [2.05, 4.69) is 10.2 Å². The van der Waals surface area contributed by atoms with E-state index in [1.54, 1.807) is 18.5 Å². The number of nitrogens with zero attached hydrogens (tertiary/aromatic N) is 4. The van der Waals surface area contributed by atoms with E-state index in [-0.39, 0.29) is 5.69 Å². The van der Waals surface area contributed by atoms with Crippen molar-refractivity contribution >= 4 is 28.8 Å². The van der Waals surface area contributed by atoms with Gasteiger partial charge in [0, 0.05) is 18.0 Å². The summed E-state index contributed by atoms with van der Waals surface area (Å²) >= 11 is 2.36. The van der Waals surface area contributed by atoms with Crippen molar-refractivity contribution in [1.82, 2.24) is 14.8 Å². The zero-order valence-electron chi connectivity index (χ0n) is 9.60. The van der Waals surface area contributed by atoms with Gasteiger partial charge in [0.15, 0.2) is 5.16 Å². The Morgan fingerprint density at radius 1 is 1.67 bits per heavy atom. The lowest BCUT2D eigenvalue weighted by molar-refractivity contribution is -0.387. The smallest absolute Gasteiger partial charge is 0.294 e. The third kappa shape index (κ3) is 2.52. The number of hydrogen-bond acceptors (Lipinski definition) is 7. The lowest BCUT2D eigenvalue weighted by Crippen LogP contribution is -1.90. The quantitative estimate of drug-likeness (QED) is 0.682. The van der Waals surface area contributed by atoms with Crippen LogP contribution in [0.1, 0.15) is 17.9 Å². The summed E-state index contributed by atoms with van der Waals surface area (Å²) in [6.07, 6.45) is 0.805. The summed E-state index contributed by atoms with van der Waals surface area (Å²) in [6.45, 7) is 1.58. The van der Waals surface area contributed by atoms with Gasteiger partial charge in [-0.3, -0.25) is 10.1 Å². The second-order valence-electron chi connectivity index (χ2n) is 3.58. The van der Waals surface area contributed by atoms with Crippen LogP contribution < -0.4 is 0 Å². The molecule has 9 heteroatoms. The Hall–Kier alpha value is -1.45. The predicted octanol–water partition coefficient (Wildman–Crippen LogP) is 1.99. The van der Waals surface area contributed by atoms with Crippen LogP contribution in [-0.2, 0) is 7.05 Å². The van der Waals surface area contributed by atoms with Crippen molar-refractivity contribution in [3.63, 3.8) is 0 Å². The van der Waals surface area contributed by atoms with Crippen molar-refractivity contribution in [3.8, 4) is 0 Å². The number of thiophene rings is 1. The lowest BCUT2D eigenvalue weighted by atomic mass is 10.3. The highest BCUT2D eigenvalue weighted by atomic mass is 32.2. The van der Waals surface area contributed by atoms with Gasteiger partial charge in [-0.15, -0.1) is 21.5 Å². The minimum Gasteiger partial charge on any atom is -0.388 e. The molecule has 0 radical (unpaired) electrons. The molecule has 0 saturated heterocycles. The molecular formula is C9H10N4O3S2. The highest BCUT2D eigenvalue weighted by Gasteiger charge is 2.23. The minimum atomic E-state index is -0.720. The maximum atomic E-state index is 10.9. The van der Waals surface area contributed by atoms with Crippen molar-refractivity contribution in [2.45, 2.75) is 22.4 Å². The first-order chi connectivity index (χ1) is 8.49. The Morgan fingerprint density at radius 2 is 2.39 bits per heavy atom. The van der Waals surface area contributed by atoms with Crippen molar-refractivity contribution in [2.75, 3.05) is 0 Å².